The molecule has 0 aliphatic carbocycles. The summed E-state index contributed by atoms with van der Waals surface area (Å²) >= 11 is 0. The highest BCUT2D eigenvalue weighted by Gasteiger charge is 2.44. The van der Waals surface area contributed by atoms with Gasteiger partial charge in [-0.05, 0) is 44.9 Å². The smallest absolute Gasteiger partial charge is 0.220 e. The number of unbranched alkanes of at least 4 members (excludes halogenated alkanes) is 27. The van der Waals surface area contributed by atoms with Crippen LogP contribution in [0.5, 0.6) is 0 Å². The van der Waals surface area contributed by atoms with Crippen molar-refractivity contribution in [3.05, 3.63) is 24.3 Å². The van der Waals surface area contributed by atoms with Gasteiger partial charge in [-0.15, -0.1) is 0 Å². The zero-order chi connectivity index (χ0) is 42.3. The fraction of sp³-hybridized carbons (Fsp3) is 0.898. The summed E-state index contributed by atoms with van der Waals surface area (Å²) in [7, 11) is 0. The largest absolute Gasteiger partial charge is 0.394 e. The van der Waals surface area contributed by atoms with E-state index in [2.05, 4.69) is 43.5 Å². The minimum absolute atomic E-state index is 0.139. The monoisotopic (exact) mass is 824 g/mol. The summed E-state index contributed by atoms with van der Waals surface area (Å²) in [5.74, 6) is -0.151. The van der Waals surface area contributed by atoms with Crippen LogP contribution in [0.4, 0.5) is 0 Å². The molecule has 1 heterocycles. The Balaban J connectivity index is 2.30. The van der Waals surface area contributed by atoms with Crippen LogP contribution in [0.1, 0.15) is 226 Å². The molecule has 0 bridgehead atoms. The van der Waals surface area contributed by atoms with Crippen LogP contribution < -0.4 is 5.32 Å². The van der Waals surface area contributed by atoms with Crippen LogP contribution in [0.3, 0.4) is 0 Å². The number of amides is 1. The third-order valence-electron chi connectivity index (χ3n) is 11.8. The molecule has 7 unspecified atom stereocenters. The molecule has 9 nitrogen and oxygen atoms in total. The molecular formula is C49H93NO8. The predicted molar refractivity (Wildman–Crippen MR) is 240 cm³/mol. The second-order valence-corrected chi connectivity index (χ2v) is 17.3. The van der Waals surface area contributed by atoms with Crippen molar-refractivity contribution in [2.24, 2.45) is 0 Å². The Morgan fingerprint density at radius 3 is 1.50 bits per heavy atom. The molecule has 6 N–H and O–H groups in total. The van der Waals surface area contributed by atoms with Crippen LogP contribution in [0.2, 0.25) is 0 Å². The molecule has 1 aliphatic heterocycles. The summed E-state index contributed by atoms with van der Waals surface area (Å²) in [4.78, 5) is 13.0. The fourth-order valence-corrected chi connectivity index (χ4v) is 7.84. The minimum atomic E-state index is -1.55. The van der Waals surface area contributed by atoms with E-state index < -0.39 is 49.5 Å². The Kier molecular flexibility index (Phi) is 37.5. The van der Waals surface area contributed by atoms with Crippen molar-refractivity contribution < 1.29 is 39.8 Å². The fourth-order valence-electron chi connectivity index (χ4n) is 7.84. The second-order valence-electron chi connectivity index (χ2n) is 17.3. The molecule has 1 fully saturated rings. The highest BCUT2D eigenvalue weighted by atomic mass is 16.7. The van der Waals surface area contributed by atoms with E-state index in [4.69, 9.17) is 9.47 Å². The summed E-state index contributed by atoms with van der Waals surface area (Å²) in [5, 5.41) is 54.4. The molecular weight excluding hydrogens is 731 g/mol. The van der Waals surface area contributed by atoms with E-state index in [1.165, 1.54) is 148 Å². The molecule has 0 radical (unpaired) electrons. The summed E-state index contributed by atoms with van der Waals surface area (Å²) in [5.41, 5.74) is 0. The van der Waals surface area contributed by atoms with Gasteiger partial charge in [-0.2, -0.15) is 0 Å². The first-order valence-corrected chi connectivity index (χ1v) is 24.5. The van der Waals surface area contributed by atoms with E-state index >= 15 is 0 Å². The van der Waals surface area contributed by atoms with Gasteiger partial charge in [0.05, 0.1) is 25.4 Å². The van der Waals surface area contributed by atoms with Gasteiger partial charge < -0.3 is 40.3 Å². The Labute approximate surface area is 356 Å². The maximum atomic E-state index is 13.0. The molecule has 0 saturated carbocycles. The summed E-state index contributed by atoms with van der Waals surface area (Å²) in [6.45, 7) is 3.82. The molecule has 0 aromatic heterocycles. The number of hydrogen-bond acceptors (Lipinski definition) is 8. The Morgan fingerprint density at radius 2 is 1.02 bits per heavy atom. The van der Waals surface area contributed by atoms with Gasteiger partial charge in [-0.3, -0.25) is 4.79 Å². The third-order valence-corrected chi connectivity index (χ3v) is 11.8. The Morgan fingerprint density at radius 1 is 0.586 bits per heavy atom. The number of allylic oxidation sites excluding steroid dienone is 4. The highest BCUT2D eigenvalue weighted by Crippen LogP contribution is 2.23. The molecule has 9 heteroatoms. The van der Waals surface area contributed by atoms with E-state index in [0.29, 0.717) is 12.8 Å². The van der Waals surface area contributed by atoms with E-state index in [9.17, 15) is 30.3 Å². The number of ether oxygens (including phenoxy) is 2. The average molecular weight is 824 g/mol. The molecule has 7 atom stereocenters. The van der Waals surface area contributed by atoms with Crippen molar-refractivity contribution >= 4 is 5.91 Å². The lowest BCUT2D eigenvalue weighted by molar-refractivity contribution is -0.302. The van der Waals surface area contributed by atoms with Crippen LogP contribution in [-0.4, -0.2) is 87.5 Å². The van der Waals surface area contributed by atoms with Crippen molar-refractivity contribution in [3.63, 3.8) is 0 Å². The second kappa shape index (κ2) is 39.8. The number of rotatable bonds is 41. The molecule has 0 aromatic carbocycles. The normalized spacial score (nSPS) is 21.0. The molecule has 1 saturated heterocycles. The van der Waals surface area contributed by atoms with E-state index in [1.54, 1.807) is 0 Å². The van der Waals surface area contributed by atoms with Crippen molar-refractivity contribution in [1.29, 1.82) is 0 Å². The SMILES string of the molecule is CCCCCC/C=C\C/C=C\CCCCCCCCCC(=O)NC(COC1OC(CO)C(O)C(O)C1O)C(O)CCCCCCCCCCCCCCCCCCC. The molecule has 1 rings (SSSR count). The number of carbonyl (C=O) groups excluding carboxylic acids is 1. The predicted octanol–water partition coefficient (Wildman–Crippen LogP) is 10.7. The van der Waals surface area contributed by atoms with E-state index in [1.807, 2.05) is 0 Å². The van der Waals surface area contributed by atoms with Crippen LogP contribution in [0.15, 0.2) is 24.3 Å². The van der Waals surface area contributed by atoms with Crippen molar-refractivity contribution in [3.8, 4) is 0 Å². The lowest BCUT2D eigenvalue weighted by Gasteiger charge is -2.40. The van der Waals surface area contributed by atoms with Gasteiger partial charge in [-0.1, -0.05) is 199 Å². The zero-order valence-corrected chi connectivity index (χ0v) is 37.6. The molecule has 0 aromatic rings. The Bertz CT molecular complexity index is 961. The van der Waals surface area contributed by atoms with E-state index in [0.717, 1.165) is 51.4 Å². The molecule has 58 heavy (non-hydrogen) atoms. The van der Waals surface area contributed by atoms with Crippen LogP contribution in [0, 0.1) is 0 Å². The van der Waals surface area contributed by atoms with Gasteiger partial charge in [0.25, 0.3) is 0 Å². The average Bonchev–Trinajstić information content (AvgIpc) is 3.22. The number of aliphatic hydroxyl groups excluding tert-OH is 5. The molecule has 1 aliphatic rings. The molecule has 342 valence electrons. The minimum Gasteiger partial charge on any atom is -0.394 e. The van der Waals surface area contributed by atoms with Crippen molar-refractivity contribution in [1.82, 2.24) is 5.32 Å². The van der Waals surface area contributed by atoms with Gasteiger partial charge in [0.2, 0.25) is 5.91 Å². The van der Waals surface area contributed by atoms with Crippen molar-refractivity contribution in [2.75, 3.05) is 13.2 Å². The van der Waals surface area contributed by atoms with Crippen molar-refractivity contribution in [2.45, 2.75) is 269 Å². The van der Waals surface area contributed by atoms with Gasteiger partial charge in [0.1, 0.15) is 24.4 Å². The first-order chi connectivity index (χ1) is 28.3. The summed E-state index contributed by atoms with van der Waals surface area (Å²) in [6, 6.07) is -0.721. The van der Waals surface area contributed by atoms with Gasteiger partial charge in [0.15, 0.2) is 6.29 Å². The first-order valence-electron chi connectivity index (χ1n) is 24.5. The maximum Gasteiger partial charge on any atom is 0.220 e. The van der Waals surface area contributed by atoms with Crippen LogP contribution in [-0.2, 0) is 14.3 Å². The topological polar surface area (TPSA) is 149 Å². The zero-order valence-electron chi connectivity index (χ0n) is 37.6. The van der Waals surface area contributed by atoms with Crippen LogP contribution in [0.25, 0.3) is 0 Å². The number of carbonyl (C=O) groups is 1. The van der Waals surface area contributed by atoms with E-state index in [-0.39, 0.29) is 12.5 Å². The van der Waals surface area contributed by atoms with Gasteiger partial charge in [-0.25, -0.2) is 0 Å². The molecule has 1 amide bonds. The lowest BCUT2D eigenvalue weighted by atomic mass is 9.99. The molecule has 0 spiro atoms. The van der Waals surface area contributed by atoms with Crippen LogP contribution >= 0.6 is 0 Å². The highest BCUT2D eigenvalue weighted by molar-refractivity contribution is 5.76. The summed E-state index contributed by atoms with van der Waals surface area (Å²) < 4.78 is 11.3. The first kappa shape index (κ1) is 54.7. The number of aliphatic hydroxyl groups is 5. The quantitative estimate of drug-likeness (QED) is 0.0264. The third kappa shape index (κ3) is 29.8. The number of hydrogen-bond donors (Lipinski definition) is 6. The van der Waals surface area contributed by atoms with Gasteiger partial charge in [0, 0.05) is 6.42 Å². The summed E-state index contributed by atoms with van der Waals surface area (Å²) in [6.07, 6.45) is 40.3. The lowest BCUT2D eigenvalue weighted by Crippen LogP contribution is -2.60. The number of nitrogens with one attached hydrogen (secondary N) is 1. The Hall–Kier alpha value is -1.33. The standard InChI is InChI=1S/C49H93NO8/c1-3-5-7-9-11-13-15-17-19-21-23-25-27-29-31-33-35-37-39-45(53)50-42(41-57-49-48(56)47(55)46(54)44(40-51)58-49)43(52)38-36-34-32-30-28-26-24-22-20-18-16-14-12-10-8-6-4-2/h13,15,19,21,42-44,46-49,51-52,54-56H,3-12,14,16-18,20,22-41H2,1-2H3,(H,50,53)/b15-13-,21-19-. The maximum absolute atomic E-state index is 13.0. The van der Waals surface area contributed by atoms with Gasteiger partial charge >= 0.3 is 0 Å².